The van der Waals surface area contributed by atoms with Crippen molar-refractivity contribution in [3.63, 3.8) is 0 Å². The fourth-order valence-corrected chi connectivity index (χ4v) is 18.1. The van der Waals surface area contributed by atoms with Crippen LogP contribution in [0.15, 0.2) is 48.6 Å². The van der Waals surface area contributed by atoms with Crippen molar-refractivity contribution < 1.29 is 106 Å². The van der Waals surface area contributed by atoms with Crippen molar-refractivity contribution in [3.8, 4) is 0 Å². The highest BCUT2D eigenvalue weighted by Gasteiger charge is 2.44. The largest absolute Gasteiger partial charge is 0.392 e. The number of nitrogens with one attached hydrogen (secondary N) is 8. The Kier molecular flexibility index (Phi) is 62.4. The number of ether oxygens (including phenoxy) is 11. The molecule has 4 unspecified atom stereocenters. The summed E-state index contributed by atoms with van der Waals surface area (Å²) < 4.78 is 60.8. The van der Waals surface area contributed by atoms with Crippen molar-refractivity contribution in [1.29, 1.82) is 0 Å². The summed E-state index contributed by atoms with van der Waals surface area (Å²) in [5.41, 5.74) is 0. The van der Waals surface area contributed by atoms with Crippen LogP contribution in [0, 0.1) is 23.7 Å². The molecule has 121 heavy (non-hydrogen) atoms. The molecule has 0 aromatic carbocycles. The van der Waals surface area contributed by atoms with Gasteiger partial charge in [-0.15, -0.1) is 0 Å². The molecule has 13 atom stereocenters. The van der Waals surface area contributed by atoms with Gasteiger partial charge in [0.25, 0.3) is 0 Å². The van der Waals surface area contributed by atoms with Gasteiger partial charge in [-0.25, -0.2) is 9.59 Å². The minimum atomic E-state index is -0.694. The Morgan fingerprint density at radius 1 is 0.388 bits per heavy atom. The van der Waals surface area contributed by atoms with Crippen LogP contribution < -0.4 is 42.5 Å². The number of aliphatic hydroxyl groups excluding tert-OH is 3. The Hall–Kier alpha value is -5.14. The molecule has 0 radical (unpaired) electrons. The standard InChI is InChI=1S/C54H96N4O16S.C35H58N4O6S/c1-2-3-4-5-6-9-14-45-46(49(60)43-48(45)59)15-10-7-8-11-17-51(61)55-19-21-64-23-25-66-27-29-68-31-33-70-35-37-72-39-41-74-42-40-73-38-36-71-34-32-69-30-28-67-26-24-65-22-20-56-52(62)18-13-12-16-50-53-47(44-75-50)57-54(63)58-53;1-2-3-7-14-25(40)19-20-27-26(29(41)23-30(27)42)15-8-4-5-9-17-32(43)36-21-12-6-13-22-37-33(44)18-11-10-16-31-34-28(24-46-31)38-35(45)39-34/h7,9-10,14,45-48,50,53,59H,2-6,8,11-13,15-44H2,1H3,(H,55,61)(H,56,62)(H2,57,58,63);4,8,19-20,25-28,30-31,34,40,42H,2-3,5-7,9-18,21-24H2,1H3,(H,36,43)(H,37,44)(H2,38,39,45)/b10-7-,14-9+;8-4-,20-19+/t45-,46?,47?,48-,50-,53+;25-,26?,27+,28-,30?,31+,34-/m10/s1. The lowest BCUT2D eigenvalue weighted by atomic mass is 9.90. The van der Waals surface area contributed by atoms with E-state index in [0.717, 1.165) is 127 Å². The van der Waals surface area contributed by atoms with E-state index >= 15 is 0 Å². The average Bonchev–Trinajstić information content (AvgIpc) is 1.68. The number of rotatable bonds is 76. The van der Waals surface area contributed by atoms with Crippen LogP contribution >= 0.6 is 23.5 Å². The van der Waals surface area contributed by atoms with Gasteiger partial charge in [-0.05, 0) is 103 Å². The summed E-state index contributed by atoms with van der Waals surface area (Å²) in [6, 6.07) is 0.795. The molecule has 0 aromatic heterocycles. The van der Waals surface area contributed by atoms with Crippen LogP contribution in [-0.4, -0.2) is 299 Å². The Balaban J connectivity index is 0.000000482. The Labute approximate surface area is 730 Å². The third kappa shape index (κ3) is 51.3. The number of allylic oxidation sites excluding steroid dienone is 5. The highest BCUT2D eigenvalue weighted by atomic mass is 32.2. The lowest BCUT2D eigenvalue weighted by Gasteiger charge is -2.16. The number of hydrogen-bond acceptors (Lipinski definition) is 24. The van der Waals surface area contributed by atoms with E-state index in [1.54, 1.807) is 6.08 Å². The maximum Gasteiger partial charge on any atom is 0.315 e. The Morgan fingerprint density at radius 3 is 1.12 bits per heavy atom. The van der Waals surface area contributed by atoms with Gasteiger partial charge >= 0.3 is 12.1 Å². The zero-order chi connectivity index (χ0) is 86.6. The number of urea groups is 2. The van der Waals surface area contributed by atoms with Crippen LogP contribution in [-0.2, 0) is 80.9 Å². The molecular formula is C89H154N8O22S2. The first kappa shape index (κ1) is 106. The highest BCUT2D eigenvalue weighted by molar-refractivity contribution is 8.00. The number of hydrogen-bond donors (Lipinski definition) is 11. The Morgan fingerprint density at radius 2 is 0.727 bits per heavy atom. The van der Waals surface area contributed by atoms with E-state index in [-0.39, 0.29) is 108 Å². The van der Waals surface area contributed by atoms with E-state index < -0.39 is 18.3 Å². The average molecular weight is 1750 g/mol. The van der Waals surface area contributed by atoms with Crippen LogP contribution in [0.2, 0.25) is 0 Å². The van der Waals surface area contributed by atoms with Gasteiger partial charge in [-0.2, -0.15) is 23.5 Å². The molecule has 4 heterocycles. The maximum absolute atomic E-state index is 12.5. The molecule has 6 fully saturated rings. The lowest BCUT2D eigenvalue weighted by molar-refractivity contribution is -0.122. The second-order valence-electron chi connectivity index (χ2n) is 31.7. The summed E-state index contributed by atoms with van der Waals surface area (Å²) in [6.45, 7) is 16.7. The van der Waals surface area contributed by atoms with Gasteiger partial charge in [0.15, 0.2) is 0 Å². The van der Waals surface area contributed by atoms with E-state index in [0.29, 0.717) is 227 Å². The second-order valence-corrected chi connectivity index (χ2v) is 34.2. The zero-order valence-electron chi connectivity index (χ0n) is 73.1. The van der Waals surface area contributed by atoms with Gasteiger partial charge in [0, 0.05) is 110 Å². The summed E-state index contributed by atoms with van der Waals surface area (Å²) in [6.07, 6.45) is 38.5. The van der Waals surface area contributed by atoms with Crippen LogP contribution in [0.3, 0.4) is 0 Å². The van der Waals surface area contributed by atoms with E-state index in [1.165, 1.54) is 19.3 Å². The fraction of sp³-hybridized carbons (Fsp3) is 0.820. The van der Waals surface area contributed by atoms with Crippen molar-refractivity contribution in [3.05, 3.63) is 48.6 Å². The third-order valence-electron chi connectivity index (χ3n) is 21.9. The van der Waals surface area contributed by atoms with E-state index in [1.807, 2.05) is 53.9 Å². The molecule has 8 amide bonds. The van der Waals surface area contributed by atoms with E-state index in [9.17, 15) is 53.7 Å². The maximum atomic E-state index is 12.5. The molecule has 6 aliphatic rings. The summed E-state index contributed by atoms with van der Waals surface area (Å²) in [4.78, 5) is 96.4. The van der Waals surface area contributed by atoms with Crippen molar-refractivity contribution in [2.45, 2.75) is 259 Å². The molecule has 4 saturated heterocycles. The van der Waals surface area contributed by atoms with E-state index in [4.69, 9.17) is 52.1 Å². The second kappa shape index (κ2) is 71.0. The van der Waals surface area contributed by atoms with Crippen molar-refractivity contribution >= 4 is 70.8 Å². The summed E-state index contributed by atoms with van der Waals surface area (Å²) in [5, 5.41) is 55.4. The molecule has 0 aromatic rings. The molecule has 11 N–H and O–H groups in total. The third-order valence-corrected chi connectivity index (χ3v) is 24.9. The Bertz CT molecular complexity index is 2890. The molecule has 6 rings (SSSR count). The predicted molar refractivity (Wildman–Crippen MR) is 470 cm³/mol. The van der Waals surface area contributed by atoms with Crippen molar-refractivity contribution in [2.75, 3.05) is 183 Å². The number of carbonyl (C=O) groups excluding carboxylic acids is 8. The van der Waals surface area contributed by atoms with Crippen molar-refractivity contribution in [2.24, 2.45) is 23.7 Å². The van der Waals surface area contributed by atoms with Gasteiger partial charge in [-0.1, -0.05) is 114 Å². The number of ketones is 2. The normalized spacial score (nSPS) is 22.7. The topological polar surface area (TPSA) is 395 Å². The molecule has 0 spiro atoms. The summed E-state index contributed by atoms with van der Waals surface area (Å²) >= 11 is 3.80. The number of thioether (sulfide) groups is 2. The molecule has 0 bridgehead atoms. The van der Waals surface area contributed by atoms with E-state index in [2.05, 4.69) is 68.5 Å². The van der Waals surface area contributed by atoms with Gasteiger partial charge in [0.05, 0.1) is 188 Å². The van der Waals surface area contributed by atoms with Crippen molar-refractivity contribution in [1.82, 2.24) is 42.5 Å². The fourth-order valence-electron chi connectivity index (χ4n) is 15.0. The van der Waals surface area contributed by atoms with Crippen LogP contribution in [0.4, 0.5) is 9.59 Å². The smallest absolute Gasteiger partial charge is 0.315 e. The zero-order valence-corrected chi connectivity index (χ0v) is 74.7. The minimum Gasteiger partial charge on any atom is -0.392 e. The van der Waals surface area contributed by atoms with Gasteiger partial charge in [0.2, 0.25) is 23.6 Å². The first-order valence-electron chi connectivity index (χ1n) is 45.7. The molecule has 2 saturated carbocycles. The monoisotopic (exact) mass is 1750 g/mol. The molecule has 30 nitrogen and oxygen atoms in total. The van der Waals surface area contributed by atoms with Gasteiger partial charge in [-0.3, -0.25) is 28.8 Å². The molecule has 2 aliphatic carbocycles. The lowest BCUT2D eigenvalue weighted by Crippen LogP contribution is -2.36. The quantitative estimate of drug-likeness (QED) is 0.0154. The van der Waals surface area contributed by atoms with Gasteiger partial charge < -0.3 is 110 Å². The summed E-state index contributed by atoms with van der Waals surface area (Å²) in [5.74, 6) is 1.48. The first-order valence-corrected chi connectivity index (χ1v) is 47.8. The SMILES string of the molecule is CCCCCC/C=C/[C@@H]1C(C/C=C\CCCC(=O)NCCOCCOCCOCCOCCOCCOCCOCCOCCOCCOCCOCCNC(=O)CCCC[C@H]2SCC3NC(=O)N[C@@H]32)C(=O)C[C@H]1O.CCCCC[C@H](O)/C=C/[C@H]1C(O)CC(=O)C1C/C=C\CCCC(=O)NCCCCCNC(=O)CCCC[C@H]1SC[C@@H]2NC(=O)N[C@@H]21. The van der Waals surface area contributed by atoms with Crippen LogP contribution in [0.5, 0.6) is 0 Å². The highest BCUT2D eigenvalue weighted by Crippen LogP contribution is 2.37. The molecular weight excluding hydrogens is 1600 g/mol. The van der Waals surface area contributed by atoms with Gasteiger partial charge in [0.1, 0.15) is 11.6 Å². The molecule has 4 aliphatic heterocycles. The molecule has 32 heteroatoms. The number of amides is 8. The number of unbranched alkanes of at least 4 members (excludes halogenated alkanes) is 12. The van der Waals surface area contributed by atoms with Crippen LogP contribution in [0.1, 0.15) is 206 Å². The molecule has 694 valence electrons. The predicted octanol–water partition coefficient (Wildman–Crippen LogP) is 8.63. The first-order chi connectivity index (χ1) is 59.2. The summed E-state index contributed by atoms with van der Waals surface area (Å²) in [7, 11) is 0. The minimum absolute atomic E-state index is 0.00861. The number of carbonyl (C=O) groups is 8. The number of aliphatic hydroxyl groups is 3. The number of Topliss-reactive ketones (excluding diaryl/α,β-unsaturated/α-hetero) is 2. The van der Waals surface area contributed by atoms with Crippen LogP contribution in [0.25, 0.3) is 0 Å². The number of fused-ring (bicyclic) bond motifs is 2.